The van der Waals surface area contributed by atoms with Gasteiger partial charge in [0.2, 0.25) is 0 Å². The van der Waals surface area contributed by atoms with Gasteiger partial charge in [-0.15, -0.1) is 0 Å². The first-order valence-electron chi connectivity index (χ1n) is 5.86. The molecule has 0 saturated carbocycles. The fraction of sp³-hybridized carbons (Fsp3) is 0.143. The first kappa shape index (κ1) is 50.7. The second-order valence-corrected chi connectivity index (χ2v) is 3.84. The van der Waals surface area contributed by atoms with Crippen LogP contribution in [0.25, 0.3) is 0 Å². The first-order valence-corrected chi connectivity index (χ1v) is 5.86. The molecule has 0 unspecified atom stereocenters. The van der Waals surface area contributed by atoms with Crippen LogP contribution >= 0.6 is 0 Å². The molecule has 28 heavy (non-hydrogen) atoms. The zero-order chi connectivity index (χ0) is 14.8. The number of nitrogens with zero attached hydrogens (tertiary/aromatic N) is 2. The molecule has 0 aliphatic carbocycles. The fourth-order valence-electron chi connectivity index (χ4n) is 1.38. The molecule has 0 bridgehead atoms. The predicted molar refractivity (Wildman–Crippen MR) is 77.7 cm³/mol. The zero-order valence-corrected chi connectivity index (χ0v) is 19.8. The minimum absolute atomic E-state index is 0. The van der Waals surface area contributed by atoms with E-state index in [4.69, 9.17) is 0 Å². The summed E-state index contributed by atoms with van der Waals surface area (Å²) in [5.74, 6) is -2.15. The van der Waals surface area contributed by atoms with E-state index in [-0.39, 0.29) is 113 Å². The molecule has 2 aromatic heterocycles. The Morgan fingerprint density at radius 3 is 0.964 bits per heavy atom. The summed E-state index contributed by atoms with van der Waals surface area (Å²) in [6, 6.07) is 10.7. The van der Waals surface area contributed by atoms with Crippen molar-refractivity contribution in [2.24, 2.45) is 0 Å². The van der Waals surface area contributed by atoms with Crippen molar-refractivity contribution in [2.75, 3.05) is 0 Å². The summed E-state index contributed by atoms with van der Waals surface area (Å²) in [7, 11) is 0. The maximum absolute atomic E-state index is 10.0. The maximum Gasteiger partial charge on any atom is 3.00 e. The number of hydrogen-bond acceptors (Lipinski definition) is 4. The molecule has 10 nitrogen and oxygen atoms in total. The largest absolute Gasteiger partial charge is 3.00 e. The van der Waals surface area contributed by atoms with Crippen LogP contribution in [-0.2, 0) is 22.7 Å². The molecule has 161 valence electrons. The van der Waals surface area contributed by atoms with Gasteiger partial charge in [0.25, 0.3) is 0 Å². The van der Waals surface area contributed by atoms with E-state index in [0.29, 0.717) is 0 Å². The van der Waals surface area contributed by atoms with E-state index >= 15 is 0 Å². The Hall–Kier alpha value is -0.699. The van der Waals surface area contributed by atoms with E-state index in [0.717, 1.165) is 0 Å². The van der Waals surface area contributed by atoms with Crippen molar-refractivity contribution < 1.29 is 129 Å². The van der Waals surface area contributed by atoms with Crippen molar-refractivity contribution in [1.29, 1.82) is 0 Å². The number of rotatable bonds is 4. The minimum atomic E-state index is -1.07. The molecule has 1 radical (unpaired) electrons. The van der Waals surface area contributed by atoms with E-state index in [1.54, 1.807) is 49.1 Å². The van der Waals surface area contributed by atoms with Gasteiger partial charge in [-0.05, 0) is 0 Å². The maximum atomic E-state index is 10.0. The number of hydrogen-bond donors (Lipinski definition) is 0. The average Bonchev–Trinajstić information content (AvgIpc) is 2.40. The molecule has 2 heterocycles. The van der Waals surface area contributed by atoms with E-state index in [1.807, 2.05) is 12.1 Å². The van der Waals surface area contributed by atoms with Gasteiger partial charge >= 0.3 is 40.8 Å². The normalized spacial score (nSPS) is 6.57. The Bertz CT molecular complexity index is 520. The van der Waals surface area contributed by atoms with Crippen LogP contribution in [0.2, 0.25) is 0 Å². The summed E-state index contributed by atoms with van der Waals surface area (Å²) in [4.78, 5) is 20.1. The minimum Gasteiger partial charge on any atom is -1.00 e. The van der Waals surface area contributed by atoms with Crippen LogP contribution in [-0.4, -0.2) is 33.8 Å². The molecule has 0 aliphatic rings. The number of pyridine rings is 2. The van der Waals surface area contributed by atoms with Gasteiger partial charge in [-0.1, -0.05) is 12.1 Å². The van der Waals surface area contributed by atoms with Gasteiger partial charge in [0.15, 0.2) is 37.9 Å². The van der Waals surface area contributed by atoms with Crippen LogP contribution in [0, 0.1) is 40.8 Å². The molecule has 2 rings (SSSR count). The number of carboxylic acid groups (broad SMARTS) is 2. The monoisotopic (exact) mass is 593 g/mol. The smallest absolute Gasteiger partial charge is 1.00 e. The van der Waals surface area contributed by atoms with Crippen LogP contribution < -0.4 is 56.6 Å². The molecule has 14 heteroatoms. The molecule has 0 fully saturated rings. The average molecular weight is 597 g/mol. The number of carbonyl (C=O) groups is 2. The summed E-state index contributed by atoms with van der Waals surface area (Å²) in [5, 5.41) is 20.1. The van der Waals surface area contributed by atoms with Crippen molar-refractivity contribution in [3.05, 3.63) is 61.2 Å². The van der Waals surface area contributed by atoms with E-state index in [1.165, 1.54) is 9.13 Å². The predicted octanol–water partition coefficient (Wildman–Crippen LogP) is -14.8. The summed E-state index contributed by atoms with van der Waals surface area (Å²) in [6.07, 6.45) is 6.71. The summed E-state index contributed by atoms with van der Waals surface area (Å²) in [6.45, 7) is -0.165. The van der Waals surface area contributed by atoms with E-state index < -0.39 is 11.9 Å². The number of carboxylic acids is 2. The van der Waals surface area contributed by atoms with Crippen molar-refractivity contribution >= 4 is 11.9 Å². The SMILES string of the molecule is O.O.O.O.O=C([O-])C[n+]1ccccc1.O=C([O-])C[n+]1ccccc1.[Cl-].[Cl-].[Cl-].[Nd+3]. The Kier molecular flexibility index (Phi) is 56.1. The van der Waals surface area contributed by atoms with Crippen molar-refractivity contribution in [3.8, 4) is 0 Å². The molecule has 0 aromatic carbocycles. The van der Waals surface area contributed by atoms with Crippen LogP contribution in [0.15, 0.2) is 61.2 Å². The van der Waals surface area contributed by atoms with Crippen LogP contribution in [0.3, 0.4) is 0 Å². The number of halogens is 3. The molecular formula is C14H22Cl3N2NdO8. The number of aromatic nitrogens is 2. The molecule has 8 N–H and O–H groups in total. The Morgan fingerprint density at radius 1 is 0.571 bits per heavy atom. The van der Waals surface area contributed by atoms with Crippen LogP contribution in [0.5, 0.6) is 0 Å². The molecule has 0 atom stereocenters. The Morgan fingerprint density at radius 2 is 0.786 bits per heavy atom. The van der Waals surface area contributed by atoms with Crippen molar-refractivity contribution in [1.82, 2.24) is 0 Å². The van der Waals surface area contributed by atoms with Gasteiger partial charge < -0.3 is 78.9 Å². The molecule has 2 aromatic rings. The number of aliphatic carboxylic acids is 2. The van der Waals surface area contributed by atoms with E-state index in [2.05, 4.69) is 0 Å². The summed E-state index contributed by atoms with van der Waals surface area (Å²) >= 11 is 0. The second-order valence-electron chi connectivity index (χ2n) is 3.84. The third kappa shape index (κ3) is 27.5. The van der Waals surface area contributed by atoms with Gasteiger partial charge in [-0.25, -0.2) is 0 Å². The first-order chi connectivity index (χ1) is 9.58. The fourth-order valence-corrected chi connectivity index (χ4v) is 1.38. The third-order valence-electron chi connectivity index (χ3n) is 2.18. The van der Waals surface area contributed by atoms with Crippen LogP contribution in [0.4, 0.5) is 0 Å². The van der Waals surface area contributed by atoms with Gasteiger partial charge in [-0.3, -0.25) is 0 Å². The zero-order valence-electron chi connectivity index (χ0n) is 14.3. The summed E-state index contributed by atoms with van der Waals surface area (Å²) in [5.41, 5.74) is 0. The summed E-state index contributed by atoms with van der Waals surface area (Å²) < 4.78 is 3.07. The quantitative estimate of drug-likeness (QED) is 0.314. The van der Waals surface area contributed by atoms with Gasteiger partial charge in [0.1, 0.15) is 11.9 Å². The molecule has 0 spiro atoms. The van der Waals surface area contributed by atoms with Gasteiger partial charge in [0, 0.05) is 24.3 Å². The van der Waals surface area contributed by atoms with Crippen molar-refractivity contribution in [3.63, 3.8) is 0 Å². The second kappa shape index (κ2) is 31.0. The topological polar surface area (TPSA) is 214 Å². The van der Waals surface area contributed by atoms with Gasteiger partial charge in [0.05, 0.1) is 0 Å². The van der Waals surface area contributed by atoms with Gasteiger partial charge in [-0.2, -0.15) is 9.13 Å². The van der Waals surface area contributed by atoms with E-state index in [9.17, 15) is 19.8 Å². The molecular weight excluding hydrogens is 575 g/mol. The standard InChI is InChI=1S/2C7H7NO2.3ClH.Nd.4H2O/c2*9-7(10)6-8-4-2-1-3-5-8;;;;;;;;/h2*1-5H,6H2;3*1H;;4*1H2/q;;;;;+3;;;;/p-3. The molecule has 0 saturated heterocycles. The molecule has 0 aliphatic heterocycles. The third-order valence-corrected chi connectivity index (χ3v) is 2.18. The van der Waals surface area contributed by atoms with Crippen molar-refractivity contribution in [2.45, 2.75) is 13.1 Å². The molecule has 0 amide bonds. The Balaban J connectivity index is -0.0000000370. The number of carbonyl (C=O) groups excluding carboxylic acids is 2. The Labute approximate surface area is 213 Å². The van der Waals surface area contributed by atoms with Crippen LogP contribution in [0.1, 0.15) is 0 Å².